The van der Waals surface area contributed by atoms with Gasteiger partial charge in [0, 0.05) is 18.1 Å². The first-order chi connectivity index (χ1) is 9.84. The van der Waals surface area contributed by atoms with Crippen molar-refractivity contribution in [2.45, 2.75) is 19.3 Å². The minimum atomic E-state index is 0.803. The number of pyridine rings is 1. The van der Waals surface area contributed by atoms with Crippen LogP contribution in [-0.4, -0.2) is 36.1 Å². The molecule has 0 amide bonds. The molecular formula is C16H22N4. The summed E-state index contributed by atoms with van der Waals surface area (Å²) in [5.41, 5.74) is 8.98. The molecule has 2 aromatic rings. The molecule has 20 heavy (non-hydrogen) atoms. The molecule has 0 atom stereocenters. The van der Waals surface area contributed by atoms with Gasteiger partial charge in [-0.05, 0) is 63.2 Å². The zero-order chi connectivity index (χ0) is 13.8. The first kappa shape index (κ1) is 13.2. The van der Waals surface area contributed by atoms with Crippen LogP contribution < -0.4 is 11.1 Å². The van der Waals surface area contributed by atoms with Gasteiger partial charge in [-0.3, -0.25) is 4.98 Å². The number of nitrogens with zero attached hydrogens (tertiary/aromatic N) is 2. The maximum atomic E-state index is 6.21. The molecule has 1 aromatic heterocycles. The monoisotopic (exact) mass is 270 g/mol. The van der Waals surface area contributed by atoms with Crippen LogP contribution in [0, 0.1) is 0 Å². The Bertz CT molecular complexity index is 576. The van der Waals surface area contributed by atoms with E-state index in [1.165, 1.54) is 32.5 Å². The normalized spacial score (nSPS) is 15.8. The molecule has 0 radical (unpaired) electrons. The number of nitrogens with one attached hydrogen (secondary N) is 1. The summed E-state index contributed by atoms with van der Waals surface area (Å²) in [6, 6.07) is 8.00. The first-order valence-electron chi connectivity index (χ1n) is 7.44. The number of nitrogens with two attached hydrogens (primary N) is 1. The molecule has 1 aromatic carbocycles. The van der Waals surface area contributed by atoms with Gasteiger partial charge in [0.2, 0.25) is 0 Å². The zero-order valence-electron chi connectivity index (χ0n) is 11.8. The van der Waals surface area contributed by atoms with E-state index < -0.39 is 0 Å². The Labute approximate surface area is 120 Å². The smallest absolute Gasteiger partial charge is 0.0724 e. The Morgan fingerprint density at radius 3 is 2.90 bits per heavy atom. The van der Waals surface area contributed by atoms with Crippen LogP contribution >= 0.6 is 0 Å². The Hall–Kier alpha value is -1.81. The van der Waals surface area contributed by atoms with E-state index in [4.69, 9.17) is 5.73 Å². The molecule has 0 unspecified atom stereocenters. The van der Waals surface area contributed by atoms with Crippen molar-refractivity contribution >= 4 is 22.3 Å². The number of fused-ring (bicyclic) bond motifs is 1. The summed E-state index contributed by atoms with van der Waals surface area (Å²) >= 11 is 0. The van der Waals surface area contributed by atoms with E-state index in [0.717, 1.165) is 35.2 Å². The van der Waals surface area contributed by atoms with E-state index >= 15 is 0 Å². The molecule has 0 bridgehead atoms. The SMILES string of the molecule is Nc1c(NCCCN2CCCC2)ccc2ncccc12. The topological polar surface area (TPSA) is 54.2 Å². The summed E-state index contributed by atoms with van der Waals surface area (Å²) in [6.45, 7) is 4.68. The van der Waals surface area contributed by atoms with E-state index in [-0.39, 0.29) is 0 Å². The van der Waals surface area contributed by atoms with Crippen molar-refractivity contribution in [3.8, 4) is 0 Å². The third-order valence-electron chi connectivity index (χ3n) is 3.99. The molecule has 0 saturated carbocycles. The van der Waals surface area contributed by atoms with E-state index in [1.807, 2.05) is 24.3 Å². The quantitative estimate of drug-likeness (QED) is 0.648. The maximum Gasteiger partial charge on any atom is 0.0724 e. The molecule has 1 saturated heterocycles. The molecule has 2 heterocycles. The van der Waals surface area contributed by atoms with Crippen molar-refractivity contribution in [1.29, 1.82) is 0 Å². The number of anilines is 2. The van der Waals surface area contributed by atoms with Crippen molar-refractivity contribution in [2.75, 3.05) is 37.2 Å². The third-order valence-corrected chi connectivity index (χ3v) is 3.99. The number of aromatic nitrogens is 1. The van der Waals surface area contributed by atoms with Gasteiger partial charge >= 0.3 is 0 Å². The Morgan fingerprint density at radius 2 is 2.05 bits per heavy atom. The zero-order valence-corrected chi connectivity index (χ0v) is 11.8. The van der Waals surface area contributed by atoms with Crippen LogP contribution in [0.15, 0.2) is 30.5 Å². The average molecular weight is 270 g/mol. The van der Waals surface area contributed by atoms with Crippen molar-refractivity contribution < 1.29 is 0 Å². The van der Waals surface area contributed by atoms with E-state index in [2.05, 4.69) is 15.2 Å². The highest BCUT2D eigenvalue weighted by Crippen LogP contribution is 2.27. The van der Waals surface area contributed by atoms with E-state index in [1.54, 1.807) is 6.20 Å². The van der Waals surface area contributed by atoms with Crippen molar-refractivity contribution in [1.82, 2.24) is 9.88 Å². The molecule has 0 spiro atoms. The highest BCUT2D eigenvalue weighted by Gasteiger charge is 2.10. The summed E-state index contributed by atoms with van der Waals surface area (Å²) in [7, 11) is 0. The van der Waals surface area contributed by atoms with Crippen LogP contribution in [0.25, 0.3) is 10.9 Å². The Kier molecular flexibility index (Phi) is 4.02. The molecule has 3 rings (SSSR count). The molecule has 4 nitrogen and oxygen atoms in total. The lowest BCUT2D eigenvalue weighted by Crippen LogP contribution is -2.22. The molecule has 3 N–H and O–H groups in total. The van der Waals surface area contributed by atoms with Crippen LogP contribution in [0.1, 0.15) is 19.3 Å². The van der Waals surface area contributed by atoms with Gasteiger partial charge in [0.25, 0.3) is 0 Å². The predicted molar refractivity (Wildman–Crippen MR) is 84.9 cm³/mol. The fourth-order valence-corrected chi connectivity index (χ4v) is 2.86. The fourth-order valence-electron chi connectivity index (χ4n) is 2.86. The van der Waals surface area contributed by atoms with Gasteiger partial charge in [0.05, 0.1) is 16.9 Å². The summed E-state index contributed by atoms with van der Waals surface area (Å²) in [5.74, 6) is 0. The minimum absolute atomic E-state index is 0.803. The maximum absolute atomic E-state index is 6.21. The number of nitrogen functional groups attached to an aromatic ring is 1. The number of hydrogen-bond donors (Lipinski definition) is 2. The lowest BCUT2D eigenvalue weighted by molar-refractivity contribution is 0.337. The van der Waals surface area contributed by atoms with Crippen molar-refractivity contribution in [3.05, 3.63) is 30.5 Å². The lowest BCUT2D eigenvalue weighted by atomic mass is 10.1. The molecule has 1 aliphatic rings. The van der Waals surface area contributed by atoms with Crippen LogP contribution in [0.5, 0.6) is 0 Å². The van der Waals surface area contributed by atoms with Gasteiger partial charge in [-0.2, -0.15) is 0 Å². The largest absolute Gasteiger partial charge is 0.397 e. The number of likely N-dealkylation sites (tertiary alicyclic amines) is 1. The predicted octanol–water partition coefficient (Wildman–Crippen LogP) is 2.71. The van der Waals surface area contributed by atoms with Crippen LogP contribution in [0.2, 0.25) is 0 Å². The number of rotatable bonds is 5. The van der Waals surface area contributed by atoms with Crippen LogP contribution in [-0.2, 0) is 0 Å². The average Bonchev–Trinajstić information content (AvgIpc) is 2.99. The first-order valence-corrected chi connectivity index (χ1v) is 7.44. The molecular weight excluding hydrogens is 248 g/mol. The molecule has 4 heteroatoms. The minimum Gasteiger partial charge on any atom is -0.397 e. The molecule has 106 valence electrons. The van der Waals surface area contributed by atoms with Crippen molar-refractivity contribution in [2.24, 2.45) is 0 Å². The van der Waals surface area contributed by atoms with Crippen molar-refractivity contribution in [3.63, 3.8) is 0 Å². The summed E-state index contributed by atoms with van der Waals surface area (Å²) in [5, 5.41) is 4.47. The second-order valence-corrected chi connectivity index (χ2v) is 5.43. The second-order valence-electron chi connectivity index (χ2n) is 5.43. The Morgan fingerprint density at radius 1 is 1.20 bits per heavy atom. The fraction of sp³-hybridized carbons (Fsp3) is 0.438. The van der Waals surface area contributed by atoms with Gasteiger partial charge in [-0.25, -0.2) is 0 Å². The summed E-state index contributed by atoms with van der Waals surface area (Å²) in [6.07, 6.45) is 5.67. The number of benzene rings is 1. The van der Waals surface area contributed by atoms with Gasteiger partial charge in [0.1, 0.15) is 0 Å². The summed E-state index contributed by atoms with van der Waals surface area (Å²) < 4.78 is 0. The van der Waals surface area contributed by atoms with E-state index in [9.17, 15) is 0 Å². The lowest BCUT2D eigenvalue weighted by Gasteiger charge is -2.15. The van der Waals surface area contributed by atoms with Gasteiger partial charge in [0.15, 0.2) is 0 Å². The summed E-state index contributed by atoms with van der Waals surface area (Å²) in [4.78, 5) is 6.85. The third kappa shape index (κ3) is 2.85. The van der Waals surface area contributed by atoms with Crippen LogP contribution in [0.4, 0.5) is 11.4 Å². The standard InChI is InChI=1S/C16H22N4/c17-16-13-5-3-8-18-14(13)6-7-15(16)19-9-4-12-20-10-1-2-11-20/h3,5-8,19H,1-2,4,9-12,17H2. The van der Waals surface area contributed by atoms with Gasteiger partial charge in [-0.15, -0.1) is 0 Å². The molecule has 1 fully saturated rings. The van der Waals surface area contributed by atoms with Gasteiger partial charge < -0.3 is 16.0 Å². The second kappa shape index (κ2) is 6.09. The number of hydrogen-bond acceptors (Lipinski definition) is 4. The van der Waals surface area contributed by atoms with E-state index in [0.29, 0.717) is 0 Å². The highest BCUT2D eigenvalue weighted by molar-refractivity contribution is 5.96. The highest BCUT2D eigenvalue weighted by atomic mass is 15.1. The molecule has 1 aliphatic heterocycles. The van der Waals surface area contributed by atoms with Crippen LogP contribution in [0.3, 0.4) is 0 Å². The van der Waals surface area contributed by atoms with Gasteiger partial charge in [-0.1, -0.05) is 0 Å². The Balaban J connectivity index is 1.58. The molecule has 0 aliphatic carbocycles.